The lowest BCUT2D eigenvalue weighted by atomic mass is 10.1. The minimum absolute atomic E-state index is 0.0162. The fraction of sp³-hybridized carbons (Fsp3) is 0.370. The molecule has 10 nitrogen and oxygen atoms in total. The monoisotopic (exact) mass is 588 g/mol. The summed E-state index contributed by atoms with van der Waals surface area (Å²) in [6.45, 7) is 7.35. The molecule has 3 aromatic heterocycles. The van der Waals surface area contributed by atoms with Crippen LogP contribution in [0, 0.1) is 5.82 Å². The van der Waals surface area contributed by atoms with Crippen LogP contribution in [-0.4, -0.2) is 48.5 Å². The van der Waals surface area contributed by atoms with Crippen molar-refractivity contribution in [3.05, 3.63) is 68.7 Å². The maximum Gasteiger partial charge on any atom is 0.424 e. The number of aliphatic imine (C=N–C) groups is 1. The first-order chi connectivity index (χ1) is 18.9. The summed E-state index contributed by atoms with van der Waals surface area (Å²) in [4.78, 5) is 41.3. The Balaban J connectivity index is 1.61. The number of hydrogen-bond acceptors (Lipinski definition) is 7. The Hall–Kier alpha value is -3.70. The van der Waals surface area contributed by atoms with Crippen LogP contribution in [0.2, 0.25) is 10.0 Å². The second-order valence-electron chi connectivity index (χ2n) is 10.4. The lowest BCUT2D eigenvalue weighted by Gasteiger charge is -2.19. The van der Waals surface area contributed by atoms with E-state index in [1.54, 1.807) is 46.2 Å². The molecule has 1 aliphatic heterocycles. The molecule has 40 heavy (non-hydrogen) atoms. The van der Waals surface area contributed by atoms with Crippen LogP contribution in [0.3, 0.4) is 0 Å². The summed E-state index contributed by atoms with van der Waals surface area (Å²) in [7, 11) is 0. The number of carbonyl (C=O) groups is 1. The van der Waals surface area contributed by atoms with Gasteiger partial charge in [-0.15, -0.1) is 4.73 Å². The molecule has 0 saturated carbocycles. The van der Waals surface area contributed by atoms with E-state index < -0.39 is 29.3 Å². The number of pyridine rings is 1. The normalized spacial score (nSPS) is 16.3. The number of halogens is 3. The first kappa shape index (κ1) is 27.9. The molecule has 1 aliphatic rings. The van der Waals surface area contributed by atoms with E-state index in [9.17, 15) is 14.0 Å². The number of fused-ring (bicyclic) bond motifs is 1. The largest absolute Gasteiger partial charge is 0.443 e. The molecular formula is C27H27Cl2FN6O4. The van der Waals surface area contributed by atoms with E-state index in [0.29, 0.717) is 5.56 Å². The van der Waals surface area contributed by atoms with Crippen molar-refractivity contribution in [3.63, 3.8) is 0 Å². The number of aromatic nitrogens is 5. The highest BCUT2D eigenvalue weighted by molar-refractivity contribution is 6.36. The molecule has 0 N–H and O–H groups in total. The molecule has 4 aromatic rings. The molecule has 1 aromatic carbocycles. The van der Waals surface area contributed by atoms with Crippen LogP contribution in [0.4, 0.5) is 9.18 Å². The molecule has 0 bridgehead atoms. The highest BCUT2D eigenvalue weighted by Crippen LogP contribution is 2.33. The number of imidazole rings is 1. The van der Waals surface area contributed by atoms with E-state index in [1.807, 2.05) is 17.1 Å². The van der Waals surface area contributed by atoms with E-state index in [0.717, 1.165) is 40.3 Å². The molecule has 0 radical (unpaired) electrons. The van der Waals surface area contributed by atoms with Gasteiger partial charge in [-0.25, -0.2) is 19.0 Å². The van der Waals surface area contributed by atoms with Crippen LogP contribution >= 0.6 is 23.2 Å². The highest BCUT2D eigenvalue weighted by Gasteiger charge is 2.28. The fourth-order valence-electron chi connectivity index (χ4n) is 4.47. The molecule has 4 heterocycles. The lowest BCUT2D eigenvalue weighted by molar-refractivity contribution is 0.0402. The van der Waals surface area contributed by atoms with Crippen LogP contribution in [0.15, 0.2) is 46.6 Å². The first-order valence-electron chi connectivity index (χ1n) is 12.6. The Morgan fingerprint density at radius 2 is 1.98 bits per heavy atom. The van der Waals surface area contributed by atoms with Crippen LogP contribution in [0.5, 0.6) is 0 Å². The molecular weight excluding hydrogens is 562 g/mol. The number of ether oxygens (including phenoxy) is 1. The molecule has 5 rings (SSSR count). The lowest BCUT2D eigenvalue weighted by Crippen LogP contribution is -2.36. The first-order valence-corrected chi connectivity index (χ1v) is 13.4. The third-order valence-corrected chi connectivity index (χ3v) is 7.09. The smallest absolute Gasteiger partial charge is 0.424 e. The van der Waals surface area contributed by atoms with Crippen molar-refractivity contribution in [3.8, 4) is 11.1 Å². The standard InChI is InChI=1S/C27H27Cl2FN6O4/c1-15(22-19(28)5-6-20(30)23(22)29)40-36-21-11-16(17-13-33-34(14-17)18-7-9-31-10-8-18)12-32-24(21)35(25(36)37)26(38)39-27(2,3)4/h5-6,9,11-15,18H,7-8,10H2,1-4H3. The van der Waals surface area contributed by atoms with E-state index in [2.05, 4.69) is 15.1 Å². The zero-order chi connectivity index (χ0) is 28.8. The minimum atomic E-state index is -0.981. The third-order valence-electron chi connectivity index (χ3n) is 6.38. The van der Waals surface area contributed by atoms with Crippen molar-refractivity contribution in [1.82, 2.24) is 24.1 Å². The van der Waals surface area contributed by atoms with Gasteiger partial charge in [0.25, 0.3) is 0 Å². The van der Waals surface area contributed by atoms with E-state index in [1.165, 1.54) is 6.07 Å². The van der Waals surface area contributed by atoms with Gasteiger partial charge in [0.2, 0.25) is 0 Å². The highest BCUT2D eigenvalue weighted by atomic mass is 35.5. The van der Waals surface area contributed by atoms with Gasteiger partial charge in [0.05, 0.1) is 17.3 Å². The summed E-state index contributed by atoms with van der Waals surface area (Å²) in [6.07, 6.45) is 6.80. The van der Waals surface area contributed by atoms with Crippen molar-refractivity contribution in [2.24, 2.45) is 4.99 Å². The van der Waals surface area contributed by atoms with Crippen molar-refractivity contribution >= 4 is 46.7 Å². The van der Waals surface area contributed by atoms with Gasteiger partial charge in [0.15, 0.2) is 11.8 Å². The van der Waals surface area contributed by atoms with E-state index in [-0.39, 0.29) is 32.8 Å². The maximum atomic E-state index is 14.2. The summed E-state index contributed by atoms with van der Waals surface area (Å²) in [5.74, 6) is -0.690. The molecule has 2 atom stereocenters. The minimum Gasteiger partial charge on any atom is -0.443 e. The summed E-state index contributed by atoms with van der Waals surface area (Å²) in [5, 5.41) is 4.43. The Bertz CT molecular complexity index is 1690. The molecule has 0 fully saturated rings. The Morgan fingerprint density at radius 3 is 2.67 bits per heavy atom. The van der Waals surface area contributed by atoms with Gasteiger partial charge in [0.1, 0.15) is 16.9 Å². The van der Waals surface area contributed by atoms with E-state index >= 15 is 0 Å². The summed E-state index contributed by atoms with van der Waals surface area (Å²) >= 11 is 12.5. The van der Waals surface area contributed by atoms with Crippen LogP contribution in [-0.2, 0) is 4.74 Å². The molecule has 0 amide bonds. The van der Waals surface area contributed by atoms with Crippen molar-refractivity contribution in [1.29, 1.82) is 0 Å². The summed E-state index contributed by atoms with van der Waals surface area (Å²) < 4.78 is 23.3. The quantitative estimate of drug-likeness (QED) is 0.269. The van der Waals surface area contributed by atoms with Crippen molar-refractivity contribution in [2.75, 3.05) is 6.54 Å². The second-order valence-corrected chi connectivity index (χ2v) is 11.2. The van der Waals surface area contributed by atoms with Crippen LogP contribution < -0.4 is 10.5 Å². The third kappa shape index (κ3) is 5.35. The van der Waals surface area contributed by atoms with Gasteiger partial charge in [-0.2, -0.15) is 9.67 Å². The van der Waals surface area contributed by atoms with Gasteiger partial charge in [-0.3, -0.25) is 9.67 Å². The fourth-order valence-corrected chi connectivity index (χ4v) is 5.14. The molecule has 13 heteroatoms. The molecule has 0 aliphatic carbocycles. The number of benzene rings is 1. The Kier molecular flexibility index (Phi) is 7.45. The van der Waals surface area contributed by atoms with Gasteiger partial charge in [-0.05, 0) is 52.3 Å². The Labute approximate surface area is 238 Å². The average molecular weight is 589 g/mol. The van der Waals surface area contributed by atoms with Gasteiger partial charge < -0.3 is 9.57 Å². The van der Waals surface area contributed by atoms with Gasteiger partial charge >= 0.3 is 11.8 Å². The zero-order valence-electron chi connectivity index (χ0n) is 22.3. The number of hydrogen-bond donors (Lipinski definition) is 0. The SMILES string of the molecule is CC(On1c(=O)n(C(=O)OC(C)(C)C)c2ncc(-c3cnn(C4CC=NCC4)c3)cc21)c1c(Cl)ccc(F)c1Cl. The topological polar surface area (TPSA) is 106 Å². The number of nitrogens with zero attached hydrogens (tertiary/aromatic N) is 6. The van der Waals surface area contributed by atoms with Crippen molar-refractivity contribution in [2.45, 2.75) is 58.3 Å². The zero-order valence-corrected chi connectivity index (χ0v) is 23.8. The van der Waals surface area contributed by atoms with E-state index in [4.69, 9.17) is 32.8 Å². The molecule has 2 unspecified atom stereocenters. The van der Waals surface area contributed by atoms with Gasteiger partial charge in [-0.1, -0.05) is 23.2 Å². The number of carbonyl (C=O) groups excluding carboxylic acids is 1. The molecule has 0 spiro atoms. The molecule has 210 valence electrons. The molecule has 0 saturated heterocycles. The predicted octanol–water partition coefficient (Wildman–Crippen LogP) is 5.89. The van der Waals surface area contributed by atoms with Gasteiger partial charge in [0, 0.05) is 53.3 Å². The predicted molar refractivity (Wildman–Crippen MR) is 150 cm³/mol. The maximum absolute atomic E-state index is 14.2. The van der Waals surface area contributed by atoms with Crippen LogP contribution in [0.25, 0.3) is 22.3 Å². The second kappa shape index (κ2) is 10.7. The number of rotatable bonds is 5. The van der Waals surface area contributed by atoms with Crippen LogP contribution in [0.1, 0.15) is 58.2 Å². The Morgan fingerprint density at radius 1 is 1.20 bits per heavy atom. The average Bonchev–Trinajstić information content (AvgIpc) is 3.49. The summed E-state index contributed by atoms with van der Waals surface area (Å²) in [6, 6.07) is 4.34. The summed E-state index contributed by atoms with van der Waals surface area (Å²) in [5.41, 5.74) is 0.00183. The van der Waals surface area contributed by atoms with Crippen molar-refractivity contribution < 1.29 is 18.8 Å².